The van der Waals surface area contributed by atoms with E-state index >= 15 is 0 Å². The molecule has 1 rings (SSSR count). The highest BCUT2D eigenvalue weighted by atomic mass is 16.6. The summed E-state index contributed by atoms with van der Waals surface area (Å²) in [5.74, 6) is 2.82. The van der Waals surface area contributed by atoms with Gasteiger partial charge in [0, 0.05) is 5.92 Å². The molecule has 0 aromatic rings. The van der Waals surface area contributed by atoms with Crippen LogP contribution in [0.5, 0.6) is 0 Å². The van der Waals surface area contributed by atoms with E-state index in [-0.39, 0.29) is 12.0 Å². The van der Waals surface area contributed by atoms with Crippen molar-refractivity contribution in [2.45, 2.75) is 79.6 Å². The first-order valence-corrected chi connectivity index (χ1v) is 8.14. The predicted octanol–water partition coefficient (Wildman–Crippen LogP) is 4.46. The van der Waals surface area contributed by atoms with Crippen LogP contribution < -0.4 is 0 Å². The topological polar surface area (TPSA) is 29.5 Å². The maximum atomic E-state index is 10.3. The van der Waals surface area contributed by atoms with Gasteiger partial charge in [-0.25, -0.2) is 0 Å². The zero-order chi connectivity index (χ0) is 14.6. The lowest BCUT2D eigenvalue weighted by atomic mass is 9.75. The molecule has 5 atom stereocenters. The average Bonchev–Trinajstić information content (AvgIpc) is 2.27. The quantitative estimate of drug-likeness (QED) is 0.722. The van der Waals surface area contributed by atoms with E-state index in [0.29, 0.717) is 17.8 Å². The average molecular weight is 270 g/mol. The fourth-order valence-corrected chi connectivity index (χ4v) is 3.44. The van der Waals surface area contributed by atoms with Crippen molar-refractivity contribution in [2.24, 2.45) is 29.6 Å². The van der Waals surface area contributed by atoms with Crippen molar-refractivity contribution in [3.8, 4) is 0 Å². The predicted molar refractivity (Wildman–Crippen MR) is 80.8 cm³/mol. The van der Waals surface area contributed by atoms with Crippen LogP contribution in [0.3, 0.4) is 0 Å². The Hall–Kier alpha value is -0.0800. The Kier molecular flexibility index (Phi) is 6.82. The van der Waals surface area contributed by atoms with Gasteiger partial charge in [0.1, 0.15) is 0 Å². The van der Waals surface area contributed by atoms with Crippen LogP contribution in [0.15, 0.2) is 0 Å². The van der Waals surface area contributed by atoms with E-state index in [0.717, 1.165) is 18.8 Å². The molecule has 2 nitrogen and oxygen atoms in total. The van der Waals surface area contributed by atoms with Crippen molar-refractivity contribution < 1.29 is 9.84 Å². The van der Waals surface area contributed by atoms with Crippen LogP contribution in [0.4, 0.5) is 0 Å². The van der Waals surface area contributed by atoms with E-state index in [1.807, 2.05) is 0 Å². The van der Waals surface area contributed by atoms with Gasteiger partial charge >= 0.3 is 0 Å². The summed E-state index contributed by atoms with van der Waals surface area (Å²) in [6, 6.07) is 0. The molecule has 1 fully saturated rings. The summed E-state index contributed by atoms with van der Waals surface area (Å²) < 4.78 is 6.05. The molecular formula is C17H34O2. The van der Waals surface area contributed by atoms with Gasteiger partial charge < -0.3 is 9.84 Å². The standard InChI is InChI=1S/C17H34O2/c1-11(2)9-14(6)17(18)19-16-10-13(5)7-8-15(16)12(3)4/h11-18H,7-10H2,1-6H3. The zero-order valence-electron chi connectivity index (χ0n) is 13.7. The molecule has 0 heterocycles. The molecule has 2 heteroatoms. The molecule has 0 aromatic carbocycles. The molecule has 0 aromatic heterocycles. The SMILES string of the molecule is CC(C)CC(C)C(O)OC1CC(C)CCC1C(C)C. The Labute approximate surface area is 119 Å². The maximum absolute atomic E-state index is 10.3. The van der Waals surface area contributed by atoms with Crippen molar-refractivity contribution in [1.82, 2.24) is 0 Å². The molecule has 0 radical (unpaired) electrons. The van der Waals surface area contributed by atoms with Crippen LogP contribution >= 0.6 is 0 Å². The Morgan fingerprint density at radius 1 is 1.11 bits per heavy atom. The van der Waals surface area contributed by atoms with E-state index < -0.39 is 6.29 Å². The van der Waals surface area contributed by atoms with E-state index in [2.05, 4.69) is 41.5 Å². The monoisotopic (exact) mass is 270 g/mol. The maximum Gasteiger partial charge on any atom is 0.157 e. The first kappa shape index (κ1) is 17.0. The highest BCUT2D eigenvalue weighted by Crippen LogP contribution is 2.36. The molecule has 19 heavy (non-hydrogen) atoms. The molecule has 1 N–H and O–H groups in total. The fraction of sp³-hybridized carbons (Fsp3) is 1.00. The van der Waals surface area contributed by atoms with Gasteiger partial charge in [-0.1, -0.05) is 48.0 Å². The minimum Gasteiger partial charge on any atom is -0.368 e. The van der Waals surface area contributed by atoms with Crippen LogP contribution in [-0.2, 0) is 4.74 Å². The number of aliphatic hydroxyl groups excluding tert-OH is 1. The molecule has 5 unspecified atom stereocenters. The molecule has 0 amide bonds. The van der Waals surface area contributed by atoms with Gasteiger partial charge in [-0.05, 0) is 42.9 Å². The summed E-state index contributed by atoms with van der Waals surface area (Å²) in [7, 11) is 0. The normalized spacial score (nSPS) is 31.7. The number of hydrogen-bond donors (Lipinski definition) is 1. The Bertz CT molecular complexity index is 250. The first-order chi connectivity index (χ1) is 8.81. The van der Waals surface area contributed by atoms with Crippen molar-refractivity contribution >= 4 is 0 Å². The summed E-state index contributed by atoms with van der Waals surface area (Å²) >= 11 is 0. The third kappa shape index (κ3) is 5.43. The molecule has 1 aliphatic carbocycles. The van der Waals surface area contributed by atoms with Crippen LogP contribution in [-0.4, -0.2) is 17.5 Å². The van der Waals surface area contributed by atoms with Gasteiger partial charge in [-0.15, -0.1) is 0 Å². The van der Waals surface area contributed by atoms with Gasteiger partial charge in [-0.2, -0.15) is 0 Å². The molecule has 1 aliphatic rings. The summed E-state index contributed by atoms with van der Waals surface area (Å²) in [4.78, 5) is 0. The van der Waals surface area contributed by atoms with E-state index in [9.17, 15) is 5.11 Å². The highest BCUT2D eigenvalue weighted by Gasteiger charge is 2.33. The second kappa shape index (κ2) is 7.64. The van der Waals surface area contributed by atoms with E-state index in [1.165, 1.54) is 12.8 Å². The van der Waals surface area contributed by atoms with Crippen LogP contribution in [0.2, 0.25) is 0 Å². The molecule has 0 saturated heterocycles. The number of aliphatic hydroxyl groups is 1. The van der Waals surface area contributed by atoms with Crippen molar-refractivity contribution in [3.63, 3.8) is 0 Å². The minimum absolute atomic E-state index is 0.227. The molecule has 0 spiro atoms. The Morgan fingerprint density at radius 3 is 2.26 bits per heavy atom. The smallest absolute Gasteiger partial charge is 0.157 e. The van der Waals surface area contributed by atoms with Crippen LogP contribution in [0, 0.1) is 29.6 Å². The highest BCUT2D eigenvalue weighted by molar-refractivity contribution is 4.82. The van der Waals surface area contributed by atoms with Gasteiger partial charge in [0.25, 0.3) is 0 Å². The third-order valence-corrected chi connectivity index (χ3v) is 4.61. The molecule has 1 saturated carbocycles. The van der Waals surface area contributed by atoms with Gasteiger partial charge in [-0.3, -0.25) is 0 Å². The number of ether oxygens (including phenoxy) is 1. The van der Waals surface area contributed by atoms with Crippen molar-refractivity contribution in [3.05, 3.63) is 0 Å². The number of rotatable bonds is 6. The number of hydrogen-bond acceptors (Lipinski definition) is 2. The van der Waals surface area contributed by atoms with Gasteiger partial charge in [0.15, 0.2) is 6.29 Å². The summed E-state index contributed by atoms with van der Waals surface area (Å²) in [6.07, 6.45) is 4.33. The molecule has 114 valence electrons. The first-order valence-electron chi connectivity index (χ1n) is 8.14. The Morgan fingerprint density at radius 2 is 1.74 bits per heavy atom. The molecule has 0 aliphatic heterocycles. The Balaban J connectivity index is 2.55. The minimum atomic E-state index is -0.598. The summed E-state index contributed by atoms with van der Waals surface area (Å²) in [6.45, 7) is 13.4. The largest absolute Gasteiger partial charge is 0.368 e. The van der Waals surface area contributed by atoms with E-state index in [1.54, 1.807) is 0 Å². The summed E-state index contributed by atoms with van der Waals surface area (Å²) in [5.41, 5.74) is 0. The van der Waals surface area contributed by atoms with Crippen LogP contribution in [0.25, 0.3) is 0 Å². The second-order valence-electron chi connectivity index (χ2n) is 7.50. The van der Waals surface area contributed by atoms with Crippen LogP contribution in [0.1, 0.15) is 67.2 Å². The van der Waals surface area contributed by atoms with E-state index in [4.69, 9.17) is 4.74 Å². The molecular weight excluding hydrogens is 236 g/mol. The lowest BCUT2D eigenvalue weighted by Crippen LogP contribution is -2.38. The second-order valence-corrected chi connectivity index (χ2v) is 7.50. The van der Waals surface area contributed by atoms with Crippen molar-refractivity contribution in [2.75, 3.05) is 0 Å². The fourth-order valence-electron chi connectivity index (χ4n) is 3.44. The van der Waals surface area contributed by atoms with Gasteiger partial charge in [0.2, 0.25) is 0 Å². The van der Waals surface area contributed by atoms with Crippen molar-refractivity contribution in [1.29, 1.82) is 0 Å². The van der Waals surface area contributed by atoms with Gasteiger partial charge in [0.05, 0.1) is 6.10 Å². The summed E-state index contributed by atoms with van der Waals surface area (Å²) in [5, 5.41) is 10.3. The third-order valence-electron chi connectivity index (χ3n) is 4.61. The lowest BCUT2D eigenvalue weighted by Gasteiger charge is -2.39. The molecule has 0 bridgehead atoms. The zero-order valence-corrected chi connectivity index (χ0v) is 13.7. The lowest BCUT2D eigenvalue weighted by molar-refractivity contribution is -0.192.